The summed E-state index contributed by atoms with van der Waals surface area (Å²) in [6.45, 7) is 0. The fourth-order valence-electron chi connectivity index (χ4n) is 6.56. The van der Waals surface area contributed by atoms with Crippen molar-refractivity contribution in [3.8, 4) is 17.1 Å². The third kappa shape index (κ3) is 4.11. The lowest BCUT2D eigenvalue weighted by Crippen LogP contribution is -2.10. The first-order valence-electron chi connectivity index (χ1n) is 15.1. The van der Waals surface area contributed by atoms with E-state index in [0.29, 0.717) is 5.89 Å². The molecule has 0 N–H and O–H groups in total. The van der Waals surface area contributed by atoms with Gasteiger partial charge in [-0.1, -0.05) is 103 Å². The molecule has 7 aromatic carbocycles. The predicted molar refractivity (Wildman–Crippen MR) is 186 cm³/mol. The Bertz CT molecular complexity index is 2480. The van der Waals surface area contributed by atoms with Crippen molar-refractivity contribution >= 4 is 60.7 Å². The van der Waals surface area contributed by atoms with E-state index >= 15 is 0 Å². The Morgan fingerprint density at radius 2 is 1.16 bits per heavy atom. The number of oxazole rings is 1. The maximum atomic E-state index is 6.69. The highest BCUT2D eigenvalue weighted by molar-refractivity contribution is 6.13. The topological polar surface area (TPSA) is 34.2 Å². The second-order valence-corrected chi connectivity index (χ2v) is 11.2. The summed E-state index contributed by atoms with van der Waals surface area (Å²) in [7, 11) is 0. The Morgan fingerprint density at radius 3 is 1.96 bits per heavy atom. The maximum Gasteiger partial charge on any atom is 0.227 e. The number of anilines is 3. The van der Waals surface area contributed by atoms with E-state index in [1.54, 1.807) is 0 Å². The molecule has 0 spiro atoms. The summed E-state index contributed by atoms with van der Waals surface area (Å²) < 4.78 is 9.04. The number of hydrogen-bond donors (Lipinski definition) is 0. The molecular formula is C41H27N3O. The van der Waals surface area contributed by atoms with Crippen molar-refractivity contribution in [3.63, 3.8) is 0 Å². The van der Waals surface area contributed by atoms with E-state index in [4.69, 9.17) is 9.40 Å². The fourth-order valence-corrected chi connectivity index (χ4v) is 6.56. The van der Waals surface area contributed by atoms with Gasteiger partial charge in [-0.25, -0.2) is 4.98 Å². The summed E-state index contributed by atoms with van der Waals surface area (Å²) in [5.41, 5.74) is 9.00. The average Bonchev–Trinajstić information content (AvgIpc) is 3.70. The highest BCUT2D eigenvalue weighted by Gasteiger charge is 2.23. The van der Waals surface area contributed by atoms with E-state index in [1.807, 2.05) is 30.3 Å². The van der Waals surface area contributed by atoms with Crippen LogP contribution in [-0.2, 0) is 0 Å². The third-order valence-corrected chi connectivity index (χ3v) is 8.57. The van der Waals surface area contributed by atoms with Crippen LogP contribution in [0.15, 0.2) is 168 Å². The molecular weight excluding hydrogens is 550 g/mol. The normalized spacial score (nSPS) is 11.6. The van der Waals surface area contributed by atoms with Crippen molar-refractivity contribution in [2.24, 2.45) is 0 Å². The first-order chi connectivity index (χ1) is 22.3. The number of hydrogen-bond acceptors (Lipinski definition) is 3. The monoisotopic (exact) mass is 577 g/mol. The summed E-state index contributed by atoms with van der Waals surface area (Å²) in [6.07, 6.45) is 0. The van der Waals surface area contributed by atoms with Gasteiger partial charge in [-0.15, -0.1) is 0 Å². The minimum atomic E-state index is 0.607. The largest absolute Gasteiger partial charge is 0.434 e. The lowest BCUT2D eigenvalue weighted by atomic mass is 10.1. The number of rotatable bonds is 5. The van der Waals surface area contributed by atoms with E-state index < -0.39 is 0 Å². The molecule has 0 fully saturated rings. The van der Waals surface area contributed by atoms with Crippen molar-refractivity contribution in [1.29, 1.82) is 0 Å². The van der Waals surface area contributed by atoms with Gasteiger partial charge in [0.1, 0.15) is 5.52 Å². The molecule has 4 heteroatoms. The summed E-state index contributed by atoms with van der Waals surface area (Å²) in [5, 5.41) is 4.61. The van der Waals surface area contributed by atoms with Gasteiger partial charge in [-0.2, -0.15) is 0 Å². The summed E-state index contributed by atoms with van der Waals surface area (Å²) in [5.74, 6) is 0.607. The zero-order valence-corrected chi connectivity index (χ0v) is 24.3. The molecule has 2 heterocycles. The lowest BCUT2D eigenvalue weighted by Gasteiger charge is -2.26. The fraction of sp³-hybridized carbons (Fsp3) is 0. The van der Waals surface area contributed by atoms with E-state index in [2.05, 4.69) is 143 Å². The minimum absolute atomic E-state index is 0.607. The Hall–Kier alpha value is -6.13. The molecule has 0 saturated heterocycles. The van der Waals surface area contributed by atoms with E-state index in [-0.39, 0.29) is 0 Å². The van der Waals surface area contributed by atoms with Crippen LogP contribution < -0.4 is 4.90 Å². The Kier molecular flexibility index (Phi) is 5.78. The van der Waals surface area contributed by atoms with Crippen LogP contribution in [0.1, 0.15) is 0 Å². The molecule has 0 saturated carbocycles. The SMILES string of the molecule is c1ccc(-c2nc3c(o2)c(N(c2ccccc2)c2ccc4c5ccccc5n(-c5ccccc5)c4c2)cc2ccccc23)cc1. The smallest absolute Gasteiger partial charge is 0.227 e. The molecule has 0 aliphatic heterocycles. The van der Waals surface area contributed by atoms with Gasteiger partial charge in [0, 0.05) is 38.8 Å². The maximum absolute atomic E-state index is 6.69. The summed E-state index contributed by atoms with van der Waals surface area (Å²) >= 11 is 0. The molecule has 0 radical (unpaired) electrons. The van der Waals surface area contributed by atoms with Gasteiger partial charge in [0.15, 0.2) is 5.58 Å². The van der Waals surface area contributed by atoms with Crippen molar-refractivity contribution in [1.82, 2.24) is 9.55 Å². The zero-order valence-electron chi connectivity index (χ0n) is 24.3. The number of fused-ring (bicyclic) bond motifs is 6. The highest BCUT2D eigenvalue weighted by Crippen LogP contribution is 2.44. The molecule has 0 aliphatic rings. The molecule has 0 unspecified atom stereocenters. The van der Waals surface area contributed by atoms with Crippen molar-refractivity contribution in [2.75, 3.05) is 4.90 Å². The Balaban J connectivity index is 1.35. The van der Waals surface area contributed by atoms with Crippen LogP contribution in [0.3, 0.4) is 0 Å². The van der Waals surface area contributed by atoms with Crippen LogP contribution in [0, 0.1) is 0 Å². The molecule has 0 amide bonds. The lowest BCUT2D eigenvalue weighted by molar-refractivity contribution is 0.620. The van der Waals surface area contributed by atoms with Gasteiger partial charge in [0.25, 0.3) is 0 Å². The molecule has 4 nitrogen and oxygen atoms in total. The van der Waals surface area contributed by atoms with Gasteiger partial charge in [-0.05, 0) is 66.0 Å². The molecule has 2 aromatic heterocycles. The van der Waals surface area contributed by atoms with Crippen molar-refractivity contribution in [3.05, 3.63) is 164 Å². The van der Waals surface area contributed by atoms with E-state index in [1.165, 1.54) is 16.3 Å². The first kappa shape index (κ1) is 25.4. The zero-order chi connectivity index (χ0) is 29.7. The molecule has 0 aliphatic carbocycles. The predicted octanol–water partition coefficient (Wildman–Crippen LogP) is 11.2. The molecule has 9 aromatic rings. The first-order valence-corrected chi connectivity index (χ1v) is 15.1. The van der Waals surface area contributed by atoms with Crippen LogP contribution in [-0.4, -0.2) is 9.55 Å². The van der Waals surface area contributed by atoms with Crippen molar-refractivity contribution in [2.45, 2.75) is 0 Å². The number of para-hydroxylation sites is 3. The van der Waals surface area contributed by atoms with Crippen LogP contribution in [0.4, 0.5) is 17.1 Å². The molecule has 45 heavy (non-hydrogen) atoms. The van der Waals surface area contributed by atoms with Gasteiger partial charge >= 0.3 is 0 Å². The second kappa shape index (κ2) is 10.2. The Labute approximate surface area is 260 Å². The van der Waals surface area contributed by atoms with Gasteiger partial charge in [0.05, 0.1) is 16.7 Å². The summed E-state index contributed by atoms with van der Waals surface area (Å²) in [4.78, 5) is 7.37. The van der Waals surface area contributed by atoms with E-state index in [9.17, 15) is 0 Å². The number of aromatic nitrogens is 2. The standard InChI is InChI=1S/C41H27N3O/c1-4-14-28(15-5-1)41-42-39-33-21-11-10-16-29(33)26-38(40(39)45-41)43(30-17-6-2-7-18-30)32-24-25-35-34-22-12-13-23-36(34)44(37(35)27-32)31-19-8-3-9-20-31/h1-27H. The van der Waals surface area contributed by atoms with Gasteiger partial charge in [0.2, 0.25) is 5.89 Å². The third-order valence-electron chi connectivity index (χ3n) is 8.57. The molecule has 212 valence electrons. The van der Waals surface area contributed by atoms with Crippen LogP contribution in [0.5, 0.6) is 0 Å². The van der Waals surface area contributed by atoms with Crippen LogP contribution in [0.2, 0.25) is 0 Å². The van der Waals surface area contributed by atoms with E-state index in [0.717, 1.165) is 55.7 Å². The summed E-state index contributed by atoms with van der Waals surface area (Å²) in [6, 6.07) is 57.2. The van der Waals surface area contributed by atoms with Crippen molar-refractivity contribution < 1.29 is 4.42 Å². The minimum Gasteiger partial charge on any atom is -0.434 e. The number of nitrogens with zero attached hydrogens (tertiary/aromatic N) is 3. The quantitative estimate of drug-likeness (QED) is 0.204. The van der Waals surface area contributed by atoms with Crippen LogP contribution >= 0.6 is 0 Å². The molecule has 9 rings (SSSR count). The highest BCUT2D eigenvalue weighted by atomic mass is 16.3. The van der Waals surface area contributed by atoms with Crippen LogP contribution in [0.25, 0.3) is 60.8 Å². The van der Waals surface area contributed by atoms with Gasteiger partial charge in [-0.3, -0.25) is 0 Å². The molecule has 0 atom stereocenters. The average molecular weight is 578 g/mol. The second-order valence-electron chi connectivity index (χ2n) is 11.2. The number of benzene rings is 7. The Morgan fingerprint density at radius 1 is 0.511 bits per heavy atom. The van der Waals surface area contributed by atoms with Gasteiger partial charge < -0.3 is 13.9 Å². The molecule has 0 bridgehead atoms.